The molecule has 9 atom stereocenters. The molecule has 0 saturated heterocycles. The van der Waals surface area contributed by atoms with E-state index in [0.717, 1.165) is 37.5 Å². The lowest BCUT2D eigenvalue weighted by atomic mass is 9.63. The molecule has 9 rings (SSSR count). The minimum Gasteiger partial charge on any atom is -0.369 e. The van der Waals surface area contributed by atoms with Crippen molar-refractivity contribution in [3.8, 4) is 0 Å². The number of fused-ring (bicyclic) bond motifs is 2. The zero-order valence-corrected chi connectivity index (χ0v) is 32.3. The quantitative estimate of drug-likeness (QED) is 0.271. The second-order valence-corrected chi connectivity index (χ2v) is 18.4. The molecule has 1 aliphatic heterocycles. The Bertz CT molecular complexity index is 1740. The average Bonchev–Trinajstić information content (AvgIpc) is 3.44. The second-order valence-electron chi connectivity index (χ2n) is 18.4. The van der Waals surface area contributed by atoms with Crippen LogP contribution in [-0.4, -0.2) is 12.2 Å². The van der Waals surface area contributed by atoms with Crippen LogP contribution in [-0.2, 0) is 0 Å². The Morgan fingerprint density at radius 3 is 2.40 bits per heavy atom. The summed E-state index contributed by atoms with van der Waals surface area (Å²) in [7, 11) is 0. The van der Waals surface area contributed by atoms with E-state index in [1.807, 2.05) is 11.1 Å². The molecule has 0 bridgehead atoms. The van der Waals surface area contributed by atoms with Crippen LogP contribution < -0.4 is 10.6 Å². The highest BCUT2D eigenvalue weighted by Crippen LogP contribution is 2.61. The molecule has 2 nitrogen and oxygen atoms in total. The second kappa shape index (κ2) is 14.6. The Hall–Kier alpha value is -3.10. The van der Waals surface area contributed by atoms with Crippen LogP contribution in [0.5, 0.6) is 0 Å². The Labute approximate surface area is 315 Å². The maximum atomic E-state index is 3.98. The Kier molecular flexibility index (Phi) is 9.74. The number of rotatable bonds is 6. The molecule has 1 heterocycles. The van der Waals surface area contributed by atoms with E-state index >= 15 is 0 Å². The van der Waals surface area contributed by atoms with Gasteiger partial charge >= 0.3 is 0 Å². The molecule has 0 aromatic carbocycles. The summed E-state index contributed by atoms with van der Waals surface area (Å²) >= 11 is 0. The van der Waals surface area contributed by atoms with Gasteiger partial charge in [0.1, 0.15) is 6.17 Å². The van der Waals surface area contributed by atoms with E-state index in [1.165, 1.54) is 81.1 Å². The van der Waals surface area contributed by atoms with E-state index in [9.17, 15) is 0 Å². The molecule has 274 valence electrons. The van der Waals surface area contributed by atoms with Crippen LogP contribution in [0.2, 0.25) is 0 Å². The van der Waals surface area contributed by atoms with Gasteiger partial charge in [-0.3, -0.25) is 5.32 Å². The molecule has 0 spiro atoms. The van der Waals surface area contributed by atoms with Crippen LogP contribution in [0.4, 0.5) is 0 Å². The third-order valence-corrected chi connectivity index (χ3v) is 15.1. The standard InChI is InChI=1S/C50H64N2/c1-33-40(42-22-14-13-21-41(42)35-15-7-4-8-16-35)29-30-44-48(33)43-28-27-39(31-45(43)50(44,2)3)34-23-25-38(26-24-34)49-51-46(36-17-9-5-10-18-36)32-47(52-49)37-19-11-6-12-20-37/h5,9-11,17,19-21,23,25-26,29-36,40,42-43,45,47,49,51-52H,4,6-8,12-16,18,22,24,27-28H2,1-3H3. The summed E-state index contributed by atoms with van der Waals surface area (Å²) in [5.41, 5.74) is 11.5. The van der Waals surface area contributed by atoms with E-state index < -0.39 is 0 Å². The Morgan fingerprint density at radius 2 is 1.62 bits per heavy atom. The number of nitrogens with one attached hydrogen (secondary N) is 2. The van der Waals surface area contributed by atoms with E-state index in [0.29, 0.717) is 35.5 Å². The Balaban J connectivity index is 0.901. The third kappa shape index (κ3) is 6.44. The first-order valence-electron chi connectivity index (χ1n) is 21.6. The van der Waals surface area contributed by atoms with Crippen LogP contribution in [0.15, 0.2) is 130 Å². The normalized spacial score (nSPS) is 38.4. The van der Waals surface area contributed by atoms with Gasteiger partial charge in [-0.05, 0) is 134 Å². The van der Waals surface area contributed by atoms with Crippen LogP contribution in [0.3, 0.4) is 0 Å². The highest BCUT2D eigenvalue weighted by molar-refractivity contribution is 5.48. The lowest BCUT2D eigenvalue weighted by Crippen LogP contribution is -2.53. The van der Waals surface area contributed by atoms with Crippen molar-refractivity contribution >= 4 is 0 Å². The maximum Gasteiger partial charge on any atom is 0.103 e. The molecule has 9 unspecified atom stereocenters. The molecule has 1 saturated carbocycles. The zero-order valence-electron chi connectivity index (χ0n) is 32.3. The fourth-order valence-corrected chi connectivity index (χ4v) is 12.3. The third-order valence-electron chi connectivity index (χ3n) is 15.1. The highest BCUT2D eigenvalue weighted by Gasteiger charge is 2.51. The summed E-state index contributed by atoms with van der Waals surface area (Å²) in [6, 6.07) is 0.245. The molecule has 0 aromatic rings. The van der Waals surface area contributed by atoms with Gasteiger partial charge in [0.25, 0.3) is 0 Å². The van der Waals surface area contributed by atoms with Crippen molar-refractivity contribution in [3.05, 3.63) is 130 Å². The SMILES string of the molecule is CC1C2=C(C=CC1C1CCCC=C1C1CCCCC1)C(C)(C)C1C=C(C3C=CC(C4NC(C5C=CC=CC5)=CC(C5=CCCC=C5)N4)=CC3)CCC21. The van der Waals surface area contributed by atoms with Gasteiger partial charge in [0.05, 0.1) is 6.04 Å². The topological polar surface area (TPSA) is 24.1 Å². The molecule has 2 heteroatoms. The van der Waals surface area contributed by atoms with Crippen LogP contribution >= 0.6 is 0 Å². The zero-order chi connectivity index (χ0) is 35.2. The maximum absolute atomic E-state index is 3.98. The molecule has 2 N–H and O–H groups in total. The van der Waals surface area contributed by atoms with Crippen molar-refractivity contribution < 1.29 is 0 Å². The fourth-order valence-electron chi connectivity index (χ4n) is 12.3. The van der Waals surface area contributed by atoms with Gasteiger partial charge in [0.2, 0.25) is 0 Å². The van der Waals surface area contributed by atoms with Gasteiger partial charge in [-0.1, -0.05) is 142 Å². The van der Waals surface area contributed by atoms with Gasteiger partial charge in [0, 0.05) is 17.5 Å². The van der Waals surface area contributed by atoms with E-state index in [-0.39, 0.29) is 17.6 Å². The molecule has 9 aliphatic rings. The van der Waals surface area contributed by atoms with Gasteiger partial charge < -0.3 is 5.32 Å². The highest BCUT2D eigenvalue weighted by atomic mass is 15.2. The van der Waals surface area contributed by atoms with E-state index in [2.05, 4.69) is 123 Å². The first-order chi connectivity index (χ1) is 25.5. The van der Waals surface area contributed by atoms with E-state index in [1.54, 1.807) is 11.1 Å². The van der Waals surface area contributed by atoms with Crippen molar-refractivity contribution in [1.29, 1.82) is 0 Å². The van der Waals surface area contributed by atoms with Crippen molar-refractivity contribution in [2.45, 2.75) is 123 Å². The smallest absolute Gasteiger partial charge is 0.103 e. The monoisotopic (exact) mass is 693 g/mol. The molecule has 1 fully saturated rings. The van der Waals surface area contributed by atoms with Gasteiger partial charge in [-0.25, -0.2) is 0 Å². The van der Waals surface area contributed by atoms with Gasteiger partial charge in [-0.2, -0.15) is 0 Å². The van der Waals surface area contributed by atoms with Crippen LogP contribution in [0, 0.1) is 52.8 Å². The lowest BCUT2D eigenvalue weighted by molar-refractivity contribution is 0.246. The largest absolute Gasteiger partial charge is 0.369 e. The van der Waals surface area contributed by atoms with Crippen LogP contribution in [0.1, 0.15) is 111 Å². The Morgan fingerprint density at radius 1 is 0.712 bits per heavy atom. The summed E-state index contributed by atoms with van der Waals surface area (Å²) in [5.74, 6) is 5.26. The summed E-state index contributed by atoms with van der Waals surface area (Å²) in [4.78, 5) is 0. The summed E-state index contributed by atoms with van der Waals surface area (Å²) in [6.45, 7) is 7.77. The predicted molar refractivity (Wildman–Crippen MR) is 219 cm³/mol. The summed E-state index contributed by atoms with van der Waals surface area (Å²) in [6.07, 6.45) is 55.6. The van der Waals surface area contributed by atoms with Crippen molar-refractivity contribution in [2.75, 3.05) is 0 Å². The molecule has 0 amide bonds. The number of hydrogen-bond acceptors (Lipinski definition) is 2. The van der Waals surface area contributed by atoms with Crippen molar-refractivity contribution in [1.82, 2.24) is 10.6 Å². The van der Waals surface area contributed by atoms with Gasteiger partial charge in [0.15, 0.2) is 0 Å². The van der Waals surface area contributed by atoms with Crippen molar-refractivity contribution in [3.63, 3.8) is 0 Å². The lowest BCUT2D eigenvalue weighted by Gasteiger charge is -2.41. The summed E-state index contributed by atoms with van der Waals surface area (Å²) in [5, 5.41) is 7.92. The average molecular weight is 693 g/mol. The molecular weight excluding hydrogens is 629 g/mol. The molecular formula is C50H64N2. The number of hydrogen-bond donors (Lipinski definition) is 2. The fraction of sp³-hybridized carbons (Fsp3) is 0.560. The minimum absolute atomic E-state index is 0.131. The first kappa shape index (κ1) is 34.7. The minimum atomic E-state index is 0.131. The summed E-state index contributed by atoms with van der Waals surface area (Å²) < 4.78 is 0. The molecule has 0 aromatic heterocycles. The first-order valence-corrected chi connectivity index (χ1v) is 21.6. The van der Waals surface area contributed by atoms with Gasteiger partial charge in [-0.15, -0.1) is 0 Å². The van der Waals surface area contributed by atoms with Crippen molar-refractivity contribution in [2.24, 2.45) is 52.8 Å². The predicted octanol–water partition coefficient (Wildman–Crippen LogP) is 12.1. The molecule has 0 radical (unpaired) electrons. The molecule has 8 aliphatic carbocycles. The number of allylic oxidation sites excluding steroid dienone is 16. The molecule has 52 heavy (non-hydrogen) atoms. The van der Waals surface area contributed by atoms with Crippen LogP contribution in [0.25, 0.3) is 0 Å². The van der Waals surface area contributed by atoms with E-state index in [4.69, 9.17) is 0 Å².